The van der Waals surface area contributed by atoms with E-state index in [1.54, 1.807) is 4.90 Å². The van der Waals surface area contributed by atoms with Crippen LogP contribution in [0.1, 0.15) is 6.92 Å². The van der Waals surface area contributed by atoms with Crippen LogP contribution in [0.4, 0.5) is 10.6 Å². The summed E-state index contributed by atoms with van der Waals surface area (Å²) < 4.78 is 5.45. The normalized spacial score (nSPS) is 21.8. The van der Waals surface area contributed by atoms with Crippen LogP contribution >= 0.6 is 0 Å². The van der Waals surface area contributed by atoms with Crippen LogP contribution in [0, 0.1) is 0 Å². The van der Waals surface area contributed by atoms with Crippen molar-refractivity contribution in [3.63, 3.8) is 0 Å². The molecule has 6 nitrogen and oxygen atoms in total. The number of ether oxygens (including phenoxy) is 1. The van der Waals surface area contributed by atoms with Crippen molar-refractivity contribution in [3.05, 3.63) is 36.4 Å². The summed E-state index contributed by atoms with van der Waals surface area (Å²) in [4.78, 5) is 22.9. The number of likely N-dealkylation sites (N-methyl/N-ethyl adjacent to an activating group) is 1. The van der Waals surface area contributed by atoms with Crippen molar-refractivity contribution in [2.24, 2.45) is 0 Å². The van der Waals surface area contributed by atoms with Crippen LogP contribution in [-0.2, 0) is 4.74 Å². The third-order valence-corrected chi connectivity index (χ3v) is 5.07. The van der Waals surface area contributed by atoms with Gasteiger partial charge in [-0.25, -0.2) is 9.78 Å². The highest BCUT2D eigenvalue weighted by molar-refractivity contribution is 5.80. The molecule has 0 spiro atoms. The van der Waals surface area contributed by atoms with Crippen LogP contribution in [0.5, 0.6) is 0 Å². The lowest BCUT2D eigenvalue weighted by atomic mass is 10.2. The number of anilines is 1. The van der Waals surface area contributed by atoms with Gasteiger partial charge < -0.3 is 14.5 Å². The van der Waals surface area contributed by atoms with E-state index >= 15 is 0 Å². The number of cyclic esters (lactones) is 1. The van der Waals surface area contributed by atoms with Crippen LogP contribution in [-0.4, -0.2) is 72.8 Å². The Morgan fingerprint density at radius 1 is 1.12 bits per heavy atom. The van der Waals surface area contributed by atoms with Gasteiger partial charge in [0.2, 0.25) is 0 Å². The van der Waals surface area contributed by atoms with Gasteiger partial charge in [-0.2, -0.15) is 0 Å². The number of carbonyl (C=O) groups excluding carboxylic acids is 1. The van der Waals surface area contributed by atoms with Crippen molar-refractivity contribution >= 4 is 22.8 Å². The van der Waals surface area contributed by atoms with Gasteiger partial charge in [-0.1, -0.05) is 18.2 Å². The molecule has 3 heterocycles. The molecule has 2 fully saturated rings. The molecule has 0 N–H and O–H groups in total. The van der Waals surface area contributed by atoms with E-state index in [0.717, 1.165) is 50.6 Å². The topological polar surface area (TPSA) is 48.9 Å². The van der Waals surface area contributed by atoms with Gasteiger partial charge in [-0.05, 0) is 25.1 Å². The third-order valence-electron chi connectivity index (χ3n) is 5.07. The quantitative estimate of drug-likeness (QED) is 0.854. The monoisotopic (exact) mass is 340 g/mol. The number of rotatable bonds is 4. The molecule has 1 amide bonds. The number of fused-ring (bicyclic) bond motifs is 1. The zero-order valence-corrected chi connectivity index (χ0v) is 14.6. The third kappa shape index (κ3) is 3.39. The summed E-state index contributed by atoms with van der Waals surface area (Å²) in [5, 5.41) is 1.17. The Morgan fingerprint density at radius 2 is 1.92 bits per heavy atom. The molecule has 0 bridgehead atoms. The smallest absolute Gasteiger partial charge is 0.410 e. The van der Waals surface area contributed by atoms with E-state index in [0.29, 0.717) is 6.54 Å². The SMILES string of the molecule is CCN1CC(CN2CCN(c3ccc4ccccc4n3)CC2)OC1=O. The number of para-hydroxylation sites is 1. The molecule has 1 atom stereocenters. The minimum atomic E-state index is -0.175. The first-order valence-electron chi connectivity index (χ1n) is 9.01. The fourth-order valence-corrected chi connectivity index (χ4v) is 3.61. The molecule has 1 unspecified atom stereocenters. The average molecular weight is 340 g/mol. The Bertz CT molecular complexity index is 758. The van der Waals surface area contributed by atoms with E-state index in [1.807, 2.05) is 19.1 Å². The molecular formula is C19H24N4O2. The van der Waals surface area contributed by atoms with E-state index in [1.165, 1.54) is 5.39 Å². The highest BCUT2D eigenvalue weighted by atomic mass is 16.6. The van der Waals surface area contributed by atoms with E-state index in [4.69, 9.17) is 9.72 Å². The predicted octanol–water partition coefficient (Wildman–Crippen LogP) is 2.20. The van der Waals surface area contributed by atoms with Gasteiger partial charge in [0, 0.05) is 44.7 Å². The lowest BCUT2D eigenvalue weighted by molar-refractivity contribution is 0.104. The van der Waals surface area contributed by atoms with Gasteiger partial charge in [-0.15, -0.1) is 0 Å². The van der Waals surface area contributed by atoms with E-state index in [-0.39, 0.29) is 12.2 Å². The number of carbonyl (C=O) groups is 1. The summed E-state index contributed by atoms with van der Waals surface area (Å²) >= 11 is 0. The molecular weight excluding hydrogens is 316 g/mol. The molecule has 6 heteroatoms. The fourth-order valence-electron chi connectivity index (χ4n) is 3.61. The molecule has 2 aliphatic heterocycles. The van der Waals surface area contributed by atoms with E-state index in [2.05, 4.69) is 34.1 Å². The molecule has 1 aromatic heterocycles. The second kappa shape index (κ2) is 6.88. The average Bonchev–Trinajstić information content (AvgIpc) is 3.01. The maximum Gasteiger partial charge on any atom is 0.410 e. The minimum absolute atomic E-state index is 0.00204. The van der Waals surface area contributed by atoms with Crippen molar-refractivity contribution < 1.29 is 9.53 Å². The van der Waals surface area contributed by atoms with Crippen molar-refractivity contribution in [3.8, 4) is 0 Å². The van der Waals surface area contributed by atoms with Crippen LogP contribution < -0.4 is 4.90 Å². The number of amides is 1. The van der Waals surface area contributed by atoms with Crippen molar-refractivity contribution in [2.45, 2.75) is 13.0 Å². The number of pyridine rings is 1. The summed E-state index contributed by atoms with van der Waals surface area (Å²) in [6.07, 6.45) is -0.177. The first kappa shape index (κ1) is 16.1. The number of aromatic nitrogens is 1. The summed E-state index contributed by atoms with van der Waals surface area (Å²) in [5.41, 5.74) is 1.04. The lowest BCUT2D eigenvalue weighted by Crippen LogP contribution is -2.49. The number of hydrogen-bond donors (Lipinski definition) is 0. The zero-order chi connectivity index (χ0) is 17.2. The van der Waals surface area contributed by atoms with Gasteiger partial charge in [0.1, 0.15) is 11.9 Å². The van der Waals surface area contributed by atoms with E-state index < -0.39 is 0 Å². The van der Waals surface area contributed by atoms with E-state index in [9.17, 15) is 4.79 Å². The summed E-state index contributed by atoms with van der Waals surface area (Å²) in [5.74, 6) is 1.04. The Morgan fingerprint density at radius 3 is 2.68 bits per heavy atom. The second-order valence-electron chi connectivity index (χ2n) is 6.69. The maximum absolute atomic E-state index is 11.7. The summed E-state index contributed by atoms with van der Waals surface area (Å²) in [6, 6.07) is 12.5. The zero-order valence-electron chi connectivity index (χ0n) is 14.6. The number of nitrogens with zero attached hydrogens (tertiary/aromatic N) is 4. The molecule has 1 aromatic carbocycles. The van der Waals surface area contributed by atoms with Gasteiger partial charge in [0.15, 0.2) is 0 Å². The number of piperazine rings is 1. The van der Waals surface area contributed by atoms with Crippen molar-refractivity contribution in [2.75, 3.05) is 50.7 Å². The first-order valence-corrected chi connectivity index (χ1v) is 9.01. The van der Waals surface area contributed by atoms with Crippen LogP contribution in [0.25, 0.3) is 10.9 Å². The number of benzene rings is 1. The first-order chi connectivity index (χ1) is 12.2. The van der Waals surface area contributed by atoms with Crippen LogP contribution in [0.15, 0.2) is 36.4 Å². The molecule has 4 rings (SSSR count). The van der Waals surface area contributed by atoms with Gasteiger partial charge >= 0.3 is 6.09 Å². The van der Waals surface area contributed by atoms with Crippen molar-refractivity contribution in [1.29, 1.82) is 0 Å². The maximum atomic E-state index is 11.7. The summed E-state index contributed by atoms with van der Waals surface area (Å²) in [6.45, 7) is 8.06. The molecule has 132 valence electrons. The fraction of sp³-hybridized carbons (Fsp3) is 0.474. The van der Waals surface area contributed by atoms with Gasteiger partial charge in [-0.3, -0.25) is 4.90 Å². The molecule has 2 aromatic rings. The predicted molar refractivity (Wildman–Crippen MR) is 97.9 cm³/mol. The van der Waals surface area contributed by atoms with Crippen molar-refractivity contribution in [1.82, 2.24) is 14.8 Å². The highest BCUT2D eigenvalue weighted by Gasteiger charge is 2.32. The lowest BCUT2D eigenvalue weighted by Gasteiger charge is -2.36. The van der Waals surface area contributed by atoms with Gasteiger partial charge in [0.25, 0.3) is 0 Å². The molecule has 0 radical (unpaired) electrons. The largest absolute Gasteiger partial charge is 0.443 e. The molecule has 2 aliphatic rings. The Labute approximate surface area is 148 Å². The van der Waals surface area contributed by atoms with Crippen LogP contribution in [0.2, 0.25) is 0 Å². The van der Waals surface area contributed by atoms with Gasteiger partial charge in [0.05, 0.1) is 12.1 Å². The number of hydrogen-bond acceptors (Lipinski definition) is 5. The Balaban J connectivity index is 1.34. The minimum Gasteiger partial charge on any atom is -0.443 e. The second-order valence-corrected chi connectivity index (χ2v) is 6.69. The molecule has 0 aliphatic carbocycles. The molecule has 0 saturated carbocycles. The summed E-state index contributed by atoms with van der Waals surface area (Å²) in [7, 11) is 0. The Kier molecular flexibility index (Phi) is 4.44. The highest BCUT2D eigenvalue weighted by Crippen LogP contribution is 2.20. The molecule has 2 saturated heterocycles. The standard InChI is InChI=1S/C19H24N4O2/c1-2-22-14-16(25-19(22)24)13-21-9-11-23(12-10-21)18-8-7-15-5-3-4-6-17(15)20-18/h3-8,16H,2,9-14H2,1H3. The molecule has 25 heavy (non-hydrogen) atoms. The Hall–Kier alpha value is -2.34. The van der Waals surface area contributed by atoms with Crippen LogP contribution in [0.3, 0.4) is 0 Å².